The van der Waals surface area contributed by atoms with Crippen LogP contribution in [0.1, 0.15) is 30.0 Å². The summed E-state index contributed by atoms with van der Waals surface area (Å²) >= 11 is 0. The second kappa shape index (κ2) is 7.34. The Bertz CT molecular complexity index is 931. The number of aryl methyl sites for hydroxylation is 1. The molecular formula is C23H28N4O2. The van der Waals surface area contributed by atoms with Crippen LogP contribution in [0.5, 0.6) is 5.75 Å². The summed E-state index contributed by atoms with van der Waals surface area (Å²) in [5, 5.41) is 0. The Kier molecular flexibility index (Phi) is 4.66. The minimum Gasteiger partial charge on any atom is -0.495 e. The molecule has 0 aliphatic carbocycles. The second-order valence-corrected chi connectivity index (χ2v) is 8.31. The van der Waals surface area contributed by atoms with Crippen molar-refractivity contribution in [2.45, 2.75) is 31.2 Å². The predicted molar refractivity (Wildman–Crippen MR) is 114 cm³/mol. The molecule has 1 saturated heterocycles. The van der Waals surface area contributed by atoms with Gasteiger partial charge in [-0.25, -0.2) is 0 Å². The highest BCUT2D eigenvalue weighted by Gasteiger charge is 2.46. The molecule has 6 heteroatoms. The van der Waals surface area contributed by atoms with Crippen molar-refractivity contribution in [2.24, 2.45) is 0 Å². The van der Waals surface area contributed by atoms with Gasteiger partial charge >= 0.3 is 0 Å². The number of carbonyl (C=O) groups excluding carboxylic acids is 1. The largest absolute Gasteiger partial charge is 0.495 e. The first-order chi connectivity index (χ1) is 14.2. The maximum Gasteiger partial charge on any atom is 0.246 e. The third-order valence-corrected chi connectivity index (χ3v) is 6.79. The highest BCUT2D eigenvalue weighted by atomic mass is 16.5. The van der Waals surface area contributed by atoms with Gasteiger partial charge in [-0.15, -0.1) is 0 Å². The average molecular weight is 393 g/mol. The SMILES string of the molecule is COc1cccnc1CCCN1CC[C@H]2[C@@H](C1)c1cccc3c1N2CC(=O)N3C. The summed E-state index contributed by atoms with van der Waals surface area (Å²) in [6, 6.07) is 10.8. The zero-order valence-electron chi connectivity index (χ0n) is 17.2. The van der Waals surface area contributed by atoms with Gasteiger partial charge in [-0.2, -0.15) is 0 Å². The molecule has 2 atom stereocenters. The molecule has 1 aromatic carbocycles. The fourth-order valence-corrected chi connectivity index (χ4v) is 5.34. The van der Waals surface area contributed by atoms with Crippen molar-refractivity contribution in [1.82, 2.24) is 9.88 Å². The summed E-state index contributed by atoms with van der Waals surface area (Å²) < 4.78 is 5.43. The summed E-state index contributed by atoms with van der Waals surface area (Å²) in [6.07, 6.45) is 4.96. The number of piperidine rings is 1. The Hall–Kier alpha value is -2.60. The maximum atomic E-state index is 12.5. The Morgan fingerprint density at radius 2 is 2.14 bits per heavy atom. The van der Waals surface area contributed by atoms with Crippen molar-refractivity contribution in [3.8, 4) is 5.75 Å². The molecule has 3 aliphatic heterocycles. The molecule has 0 N–H and O–H groups in total. The van der Waals surface area contributed by atoms with Crippen LogP contribution in [-0.4, -0.2) is 62.2 Å². The first-order valence-corrected chi connectivity index (χ1v) is 10.5. The minimum atomic E-state index is 0.196. The van der Waals surface area contributed by atoms with Gasteiger partial charge in [0.05, 0.1) is 30.7 Å². The van der Waals surface area contributed by atoms with Crippen molar-refractivity contribution < 1.29 is 9.53 Å². The van der Waals surface area contributed by atoms with Gasteiger partial charge in [-0.3, -0.25) is 9.78 Å². The van der Waals surface area contributed by atoms with Crippen LogP contribution in [-0.2, 0) is 11.2 Å². The van der Waals surface area contributed by atoms with Crippen LogP contribution in [0, 0.1) is 0 Å². The first-order valence-electron chi connectivity index (χ1n) is 10.5. The number of hydrogen-bond donors (Lipinski definition) is 0. The summed E-state index contributed by atoms with van der Waals surface area (Å²) in [5.41, 5.74) is 4.83. The molecule has 0 radical (unpaired) electrons. The van der Waals surface area contributed by atoms with E-state index < -0.39 is 0 Å². The molecule has 6 nitrogen and oxygen atoms in total. The Labute approximate surface area is 172 Å². The van der Waals surface area contributed by atoms with Crippen molar-refractivity contribution in [2.75, 3.05) is 50.1 Å². The van der Waals surface area contributed by atoms with E-state index in [1.165, 1.54) is 11.3 Å². The van der Waals surface area contributed by atoms with Crippen LogP contribution < -0.4 is 14.5 Å². The summed E-state index contributed by atoms with van der Waals surface area (Å²) in [5.74, 6) is 1.57. The number of ether oxygens (including phenoxy) is 1. The molecule has 0 unspecified atom stereocenters. The molecule has 29 heavy (non-hydrogen) atoms. The number of fused-ring (bicyclic) bond motifs is 3. The van der Waals surface area contributed by atoms with Gasteiger partial charge in [0.15, 0.2) is 0 Å². The number of anilines is 2. The van der Waals surface area contributed by atoms with Crippen molar-refractivity contribution in [3.63, 3.8) is 0 Å². The number of rotatable bonds is 5. The van der Waals surface area contributed by atoms with E-state index in [0.29, 0.717) is 18.5 Å². The number of amides is 1. The van der Waals surface area contributed by atoms with Crippen molar-refractivity contribution >= 4 is 17.3 Å². The molecule has 1 aromatic heterocycles. The second-order valence-electron chi connectivity index (χ2n) is 8.31. The number of methoxy groups -OCH3 is 1. The van der Waals surface area contributed by atoms with Crippen LogP contribution in [0.3, 0.4) is 0 Å². The number of benzene rings is 1. The van der Waals surface area contributed by atoms with E-state index in [-0.39, 0.29) is 5.91 Å². The lowest BCUT2D eigenvalue weighted by Crippen LogP contribution is -2.51. The topological polar surface area (TPSA) is 48.9 Å². The van der Waals surface area contributed by atoms with E-state index in [1.54, 1.807) is 7.11 Å². The molecule has 0 bridgehead atoms. The quantitative estimate of drug-likeness (QED) is 0.783. The fourth-order valence-electron chi connectivity index (χ4n) is 5.34. The Morgan fingerprint density at radius 1 is 1.24 bits per heavy atom. The predicted octanol–water partition coefficient (Wildman–Crippen LogP) is 2.68. The molecular weight excluding hydrogens is 364 g/mol. The van der Waals surface area contributed by atoms with Gasteiger partial charge < -0.3 is 19.4 Å². The smallest absolute Gasteiger partial charge is 0.246 e. The maximum absolute atomic E-state index is 12.5. The normalized spacial score (nSPS) is 23.2. The van der Waals surface area contributed by atoms with Crippen LogP contribution in [0.15, 0.2) is 36.5 Å². The van der Waals surface area contributed by atoms with E-state index in [2.05, 4.69) is 33.0 Å². The van der Waals surface area contributed by atoms with Crippen LogP contribution in [0.25, 0.3) is 0 Å². The van der Waals surface area contributed by atoms with E-state index in [9.17, 15) is 4.79 Å². The monoisotopic (exact) mass is 392 g/mol. The molecule has 0 spiro atoms. The average Bonchev–Trinajstić information content (AvgIpc) is 3.06. The van der Waals surface area contributed by atoms with E-state index in [4.69, 9.17) is 4.74 Å². The molecule has 2 aromatic rings. The molecule has 0 saturated carbocycles. The third kappa shape index (κ3) is 3.06. The summed E-state index contributed by atoms with van der Waals surface area (Å²) in [6.45, 7) is 3.73. The number of aromatic nitrogens is 1. The van der Waals surface area contributed by atoms with E-state index >= 15 is 0 Å². The molecule has 3 aliphatic rings. The highest BCUT2D eigenvalue weighted by molar-refractivity contribution is 6.04. The van der Waals surface area contributed by atoms with Crippen LogP contribution >= 0.6 is 0 Å². The van der Waals surface area contributed by atoms with Crippen LogP contribution in [0.2, 0.25) is 0 Å². The number of hydrogen-bond acceptors (Lipinski definition) is 5. The Morgan fingerprint density at radius 3 is 3.00 bits per heavy atom. The van der Waals surface area contributed by atoms with E-state index in [0.717, 1.165) is 56.0 Å². The lowest BCUT2D eigenvalue weighted by molar-refractivity contribution is -0.117. The lowest BCUT2D eigenvalue weighted by Gasteiger charge is -2.41. The van der Waals surface area contributed by atoms with Gasteiger partial charge in [-0.1, -0.05) is 12.1 Å². The number of likely N-dealkylation sites (N-methyl/N-ethyl adjacent to an activating group) is 1. The number of para-hydroxylation sites is 1. The number of pyridine rings is 1. The minimum absolute atomic E-state index is 0.196. The zero-order valence-corrected chi connectivity index (χ0v) is 17.2. The Balaban J connectivity index is 1.28. The van der Waals surface area contributed by atoms with Gasteiger partial charge in [0.2, 0.25) is 5.91 Å². The lowest BCUT2D eigenvalue weighted by atomic mass is 9.89. The van der Waals surface area contributed by atoms with Crippen molar-refractivity contribution in [3.05, 3.63) is 47.8 Å². The van der Waals surface area contributed by atoms with Crippen LogP contribution in [0.4, 0.5) is 11.4 Å². The standard InChI is InChI=1S/C23H28N4O2/c1-25-20-8-3-6-16-17-14-26(12-5-7-18-21(29-2)9-4-11-24-18)13-10-19(17)27(23(16)20)15-22(25)28/h3-4,6,8-9,11,17,19H,5,7,10,12-15H2,1-2H3/t17-,19-/m0/s1. The molecule has 152 valence electrons. The van der Waals surface area contributed by atoms with Gasteiger partial charge in [0.1, 0.15) is 5.75 Å². The van der Waals surface area contributed by atoms with E-state index in [1.807, 2.05) is 30.3 Å². The van der Waals surface area contributed by atoms with Crippen molar-refractivity contribution in [1.29, 1.82) is 0 Å². The fraction of sp³-hybridized carbons (Fsp3) is 0.478. The summed E-state index contributed by atoms with van der Waals surface area (Å²) in [4.78, 5) is 23.7. The third-order valence-electron chi connectivity index (χ3n) is 6.79. The molecule has 1 fully saturated rings. The molecule has 1 amide bonds. The number of carbonyl (C=O) groups is 1. The first kappa shape index (κ1) is 18.4. The summed E-state index contributed by atoms with van der Waals surface area (Å²) in [7, 11) is 3.60. The number of nitrogens with zero attached hydrogens (tertiary/aromatic N) is 4. The van der Waals surface area contributed by atoms with Gasteiger partial charge in [0.25, 0.3) is 0 Å². The zero-order chi connectivity index (χ0) is 20.0. The molecule has 5 rings (SSSR count). The molecule has 4 heterocycles. The number of likely N-dealkylation sites (tertiary alicyclic amines) is 1. The highest BCUT2D eigenvalue weighted by Crippen LogP contribution is 2.50. The van der Waals surface area contributed by atoms with Gasteiger partial charge in [-0.05, 0) is 49.6 Å². The van der Waals surface area contributed by atoms with Gasteiger partial charge in [0, 0.05) is 38.3 Å².